The molecule has 2 aromatic heterocycles. The number of hydrogen-bond donors (Lipinski definition) is 1. The van der Waals surface area contributed by atoms with E-state index in [1.165, 1.54) is 32.4 Å². The van der Waals surface area contributed by atoms with Crippen molar-refractivity contribution in [3.05, 3.63) is 22.1 Å². The smallest absolute Gasteiger partial charge is 0.179 e. The van der Waals surface area contributed by atoms with E-state index in [1.54, 1.807) is 6.20 Å². The van der Waals surface area contributed by atoms with Crippen molar-refractivity contribution in [2.45, 2.75) is 37.8 Å². The molecule has 2 atom stereocenters. The van der Waals surface area contributed by atoms with Crippen LogP contribution in [-0.2, 0) is 0 Å². The maximum Gasteiger partial charge on any atom is 0.179 e. The standard InChI is InChI=1S/C14H17ClN4S/c15-9-7-10-13(16-8-9)19(14(20)17-10)12-4-6-18-5-2-1-3-11(12)18/h7-8,11-12H,1-6H2,(H,17,20). The Morgan fingerprint density at radius 1 is 1.25 bits per heavy atom. The highest BCUT2D eigenvalue weighted by atomic mass is 35.5. The summed E-state index contributed by atoms with van der Waals surface area (Å²) in [5, 5.41) is 0.645. The van der Waals surface area contributed by atoms with Crippen molar-refractivity contribution in [3.8, 4) is 0 Å². The van der Waals surface area contributed by atoms with Crippen LogP contribution < -0.4 is 0 Å². The number of aromatic nitrogens is 3. The third-order valence-electron chi connectivity index (χ3n) is 4.67. The Morgan fingerprint density at radius 3 is 3.05 bits per heavy atom. The first-order valence-corrected chi connectivity index (χ1v) is 8.02. The van der Waals surface area contributed by atoms with Crippen molar-refractivity contribution >= 4 is 35.0 Å². The highest BCUT2D eigenvalue weighted by molar-refractivity contribution is 7.71. The van der Waals surface area contributed by atoms with Gasteiger partial charge in [-0.05, 0) is 44.1 Å². The molecule has 1 N–H and O–H groups in total. The molecule has 4 heterocycles. The summed E-state index contributed by atoms with van der Waals surface area (Å²) in [5.74, 6) is 0. The molecular formula is C14H17ClN4S. The first-order chi connectivity index (χ1) is 9.74. The second kappa shape index (κ2) is 4.83. The maximum absolute atomic E-state index is 6.02. The van der Waals surface area contributed by atoms with Crippen LogP contribution in [0.3, 0.4) is 0 Å². The molecular weight excluding hydrogens is 292 g/mol. The molecule has 0 bridgehead atoms. The minimum Gasteiger partial charge on any atom is -0.329 e. The van der Waals surface area contributed by atoms with Gasteiger partial charge in [-0.3, -0.25) is 9.47 Å². The molecule has 2 unspecified atom stereocenters. The molecule has 4 rings (SSSR count). The minimum absolute atomic E-state index is 0.449. The lowest BCUT2D eigenvalue weighted by Crippen LogP contribution is -2.37. The van der Waals surface area contributed by atoms with Crippen LogP contribution in [0.25, 0.3) is 11.2 Å². The van der Waals surface area contributed by atoms with Gasteiger partial charge in [0.1, 0.15) is 0 Å². The summed E-state index contributed by atoms with van der Waals surface area (Å²) >= 11 is 11.5. The summed E-state index contributed by atoms with van der Waals surface area (Å²) in [6, 6.07) is 2.97. The van der Waals surface area contributed by atoms with Gasteiger partial charge in [-0.15, -0.1) is 0 Å². The van der Waals surface area contributed by atoms with Crippen LogP contribution in [0.2, 0.25) is 5.02 Å². The number of fused-ring (bicyclic) bond motifs is 2. The van der Waals surface area contributed by atoms with Crippen molar-refractivity contribution in [1.82, 2.24) is 19.4 Å². The van der Waals surface area contributed by atoms with E-state index in [4.69, 9.17) is 23.8 Å². The van der Waals surface area contributed by atoms with Gasteiger partial charge in [-0.2, -0.15) is 0 Å². The molecule has 0 radical (unpaired) electrons. The van der Waals surface area contributed by atoms with Crippen molar-refractivity contribution in [1.29, 1.82) is 0 Å². The topological polar surface area (TPSA) is 36.9 Å². The first kappa shape index (κ1) is 12.8. The van der Waals surface area contributed by atoms with Gasteiger partial charge in [0.25, 0.3) is 0 Å². The van der Waals surface area contributed by atoms with Crippen LogP contribution in [0, 0.1) is 4.77 Å². The molecule has 106 valence electrons. The molecule has 4 nitrogen and oxygen atoms in total. The van der Waals surface area contributed by atoms with Crippen molar-refractivity contribution < 1.29 is 0 Å². The Hall–Kier alpha value is -0.910. The van der Waals surface area contributed by atoms with Gasteiger partial charge in [0.2, 0.25) is 0 Å². The second-order valence-electron chi connectivity index (χ2n) is 5.78. The molecule has 6 heteroatoms. The van der Waals surface area contributed by atoms with Crippen LogP contribution in [-0.4, -0.2) is 38.6 Å². The average molecular weight is 309 g/mol. The molecule has 20 heavy (non-hydrogen) atoms. The zero-order valence-corrected chi connectivity index (χ0v) is 12.8. The average Bonchev–Trinajstić information content (AvgIpc) is 2.98. The fourth-order valence-electron chi connectivity index (χ4n) is 3.82. The predicted molar refractivity (Wildman–Crippen MR) is 82.8 cm³/mol. The number of piperidine rings is 1. The molecule has 2 saturated heterocycles. The van der Waals surface area contributed by atoms with Crippen molar-refractivity contribution in [2.75, 3.05) is 13.1 Å². The van der Waals surface area contributed by atoms with Gasteiger partial charge >= 0.3 is 0 Å². The quantitative estimate of drug-likeness (QED) is 0.819. The molecule has 2 aliphatic heterocycles. The number of imidazole rings is 1. The largest absolute Gasteiger partial charge is 0.329 e. The number of aromatic amines is 1. The number of halogens is 1. The van der Waals surface area contributed by atoms with Gasteiger partial charge in [-0.1, -0.05) is 18.0 Å². The second-order valence-corrected chi connectivity index (χ2v) is 6.60. The lowest BCUT2D eigenvalue weighted by molar-refractivity contribution is 0.174. The van der Waals surface area contributed by atoms with E-state index in [2.05, 4.69) is 19.4 Å². The number of H-pyrrole nitrogens is 1. The molecule has 0 amide bonds. The highest BCUT2D eigenvalue weighted by Crippen LogP contribution is 2.36. The Bertz CT molecular complexity index is 707. The Morgan fingerprint density at radius 2 is 2.15 bits per heavy atom. The SMILES string of the molecule is S=c1[nH]c2cc(Cl)cnc2n1C1CCN2CCCCC12. The van der Waals surface area contributed by atoms with Crippen LogP contribution in [0.5, 0.6) is 0 Å². The molecule has 0 saturated carbocycles. The van der Waals surface area contributed by atoms with Gasteiger partial charge in [0.05, 0.1) is 16.6 Å². The molecule has 2 aliphatic rings. The normalized spacial score (nSPS) is 27.1. The monoisotopic (exact) mass is 308 g/mol. The number of hydrogen-bond acceptors (Lipinski definition) is 3. The van der Waals surface area contributed by atoms with E-state index in [0.717, 1.165) is 22.4 Å². The highest BCUT2D eigenvalue weighted by Gasteiger charge is 2.37. The Labute approximate surface area is 127 Å². The van der Waals surface area contributed by atoms with E-state index in [-0.39, 0.29) is 0 Å². The fourth-order valence-corrected chi connectivity index (χ4v) is 4.31. The molecule has 0 aliphatic carbocycles. The number of rotatable bonds is 1. The zero-order chi connectivity index (χ0) is 13.7. The Kier molecular flexibility index (Phi) is 3.09. The zero-order valence-electron chi connectivity index (χ0n) is 11.2. The molecule has 2 aromatic rings. The fraction of sp³-hybridized carbons (Fsp3) is 0.571. The first-order valence-electron chi connectivity index (χ1n) is 7.24. The van der Waals surface area contributed by atoms with E-state index in [1.807, 2.05) is 6.07 Å². The van der Waals surface area contributed by atoms with Gasteiger partial charge < -0.3 is 4.98 Å². The van der Waals surface area contributed by atoms with Crippen LogP contribution in [0.15, 0.2) is 12.3 Å². The summed E-state index contributed by atoms with van der Waals surface area (Å²) in [5.41, 5.74) is 1.88. The third-order valence-corrected chi connectivity index (χ3v) is 5.18. The summed E-state index contributed by atoms with van der Waals surface area (Å²) in [4.78, 5) is 10.4. The number of nitrogens with one attached hydrogen (secondary N) is 1. The summed E-state index contributed by atoms with van der Waals surface area (Å²) in [7, 11) is 0. The maximum atomic E-state index is 6.02. The van der Waals surface area contributed by atoms with E-state index in [9.17, 15) is 0 Å². The van der Waals surface area contributed by atoms with E-state index < -0.39 is 0 Å². The van der Waals surface area contributed by atoms with Crippen LogP contribution >= 0.6 is 23.8 Å². The van der Waals surface area contributed by atoms with Gasteiger partial charge in [0.15, 0.2) is 10.4 Å². The number of pyridine rings is 1. The lowest BCUT2D eigenvalue weighted by Gasteiger charge is -2.32. The molecule has 2 fully saturated rings. The van der Waals surface area contributed by atoms with Crippen molar-refractivity contribution in [3.63, 3.8) is 0 Å². The van der Waals surface area contributed by atoms with E-state index in [0.29, 0.717) is 17.1 Å². The predicted octanol–water partition coefficient (Wildman–Crippen LogP) is 3.55. The van der Waals surface area contributed by atoms with Crippen molar-refractivity contribution in [2.24, 2.45) is 0 Å². The molecule has 0 spiro atoms. The van der Waals surface area contributed by atoms with Crippen LogP contribution in [0.1, 0.15) is 31.7 Å². The van der Waals surface area contributed by atoms with Gasteiger partial charge in [0, 0.05) is 18.8 Å². The van der Waals surface area contributed by atoms with E-state index >= 15 is 0 Å². The summed E-state index contributed by atoms with van der Waals surface area (Å²) < 4.78 is 2.99. The van der Waals surface area contributed by atoms with Crippen LogP contribution in [0.4, 0.5) is 0 Å². The molecule has 0 aromatic carbocycles. The third kappa shape index (κ3) is 1.91. The minimum atomic E-state index is 0.449. The summed E-state index contributed by atoms with van der Waals surface area (Å²) in [6.45, 7) is 2.41. The Balaban J connectivity index is 1.82. The van der Waals surface area contributed by atoms with Gasteiger partial charge in [-0.25, -0.2) is 4.98 Å². The number of nitrogens with zero attached hydrogens (tertiary/aromatic N) is 3. The lowest BCUT2D eigenvalue weighted by atomic mass is 9.99. The summed E-state index contributed by atoms with van der Waals surface area (Å²) in [6.07, 6.45) is 6.79.